The number of hydrogen-bond acceptors (Lipinski definition) is 2. The number of carbonyl (C=O) groups excluding carboxylic acids is 2. The first-order valence-electron chi connectivity index (χ1n) is 6.65. The van der Waals surface area contributed by atoms with Gasteiger partial charge in [-0.15, -0.1) is 0 Å². The Bertz CT molecular complexity index is 497. The smallest absolute Gasteiger partial charge is 0.247 e. The topological polar surface area (TPSA) is 49.4 Å². The fourth-order valence-corrected chi connectivity index (χ4v) is 2.41. The number of benzene rings is 1. The first kappa shape index (κ1) is 13.6. The van der Waals surface area contributed by atoms with Crippen LogP contribution in [0.1, 0.15) is 31.0 Å². The highest BCUT2D eigenvalue weighted by Crippen LogP contribution is 2.25. The lowest BCUT2D eigenvalue weighted by Crippen LogP contribution is -2.53. The fourth-order valence-electron chi connectivity index (χ4n) is 2.41. The molecular weight excluding hydrogens is 240 g/mol. The number of amides is 2. The minimum Gasteiger partial charge on any atom is -0.352 e. The lowest BCUT2D eigenvalue weighted by Gasteiger charge is -2.36. The van der Waals surface area contributed by atoms with Gasteiger partial charge in [-0.1, -0.05) is 43.7 Å². The predicted molar refractivity (Wildman–Crippen MR) is 73.5 cm³/mol. The molecule has 0 spiro atoms. The molecule has 1 aromatic carbocycles. The summed E-state index contributed by atoms with van der Waals surface area (Å²) in [6, 6.07) is 7.28. The molecular formula is C15H20N2O2. The van der Waals surface area contributed by atoms with Crippen molar-refractivity contribution >= 4 is 11.8 Å². The molecule has 1 heterocycles. The van der Waals surface area contributed by atoms with Crippen molar-refractivity contribution in [3.8, 4) is 0 Å². The maximum Gasteiger partial charge on any atom is 0.247 e. The molecule has 0 radical (unpaired) electrons. The van der Waals surface area contributed by atoms with Gasteiger partial charge in [-0.05, 0) is 12.5 Å². The summed E-state index contributed by atoms with van der Waals surface area (Å²) >= 11 is 0. The highest BCUT2D eigenvalue weighted by molar-refractivity contribution is 5.90. The summed E-state index contributed by atoms with van der Waals surface area (Å²) in [7, 11) is 0. The number of hydrogen-bond donors (Lipinski definition) is 1. The Morgan fingerprint density at radius 2 is 2.16 bits per heavy atom. The van der Waals surface area contributed by atoms with Crippen LogP contribution in [-0.4, -0.2) is 29.8 Å². The van der Waals surface area contributed by atoms with Gasteiger partial charge in [-0.3, -0.25) is 9.59 Å². The van der Waals surface area contributed by atoms with Gasteiger partial charge >= 0.3 is 0 Å². The zero-order chi connectivity index (χ0) is 14.0. The van der Waals surface area contributed by atoms with E-state index in [9.17, 15) is 9.59 Å². The summed E-state index contributed by atoms with van der Waals surface area (Å²) in [5, 5.41) is 2.84. The molecule has 2 rings (SSSR count). The van der Waals surface area contributed by atoms with Gasteiger partial charge in [0.25, 0.3) is 0 Å². The molecule has 4 heteroatoms. The van der Waals surface area contributed by atoms with Gasteiger partial charge in [0.15, 0.2) is 0 Å². The molecule has 1 saturated heterocycles. The van der Waals surface area contributed by atoms with Crippen molar-refractivity contribution in [2.45, 2.75) is 26.8 Å². The number of nitrogens with zero attached hydrogens (tertiary/aromatic N) is 1. The number of piperazine rings is 1. The van der Waals surface area contributed by atoms with Crippen LogP contribution in [0, 0.1) is 12.8 Å². The molecule has 19 heavy (non-hydrogen) atoms. The summed E-state index contributed by atoms with van der Waals surface area (Å²) in [5.41, 5.74) is 1.97. The van der Waals surface area contributed by atoms with Gasteiger partial charge in [0.2, 0.25) is 11.8 Å². The summed E-state index contributed by atoms with van der Waals surface area (Å²) in [6.45, 7) is 6.81. The van der Waals surface area contributed by atoms with E-state index in [2.05, 4.69) is 5.32 Å². The normalized spacial score (nSPS) is 19.5. The van der Waals surface area contributed by atoms with E-state index in [-0.39, 0.29) is 17.7 Å². The van der Waals surface area contributed by atoms with E-state index in [1.807, 2.05) is 45.0 Å². The van der Waals surface area contributed by atoms with E-state index in [1.165, 1.54) is 0 Å². The highest BCUT2D eigenvalue weighted by atomic mass is 16.2. The van der Waals surface area contributed by atoms with Crippen LogP contribution in [-0.2, 0) is 9.59 Å². The number of nitrogens with one attached hydrogen (secondary N) is 1. The average molecular weight is 260 g/mol. The SMILES string of the molecule is Cc1cccc(C2C(=O)NCCN2C(=O)C(C)C)c1. The molecule has 1 aliphatic rings. The minimum atomic E-state index is -0.497. The molecule has 1 N–H and O–H groups in total. The quantitative estimate of drug-likeness (QED) is 0.879. The third-order valence-corrected chi connectivity index (χ3v) is 3.35. The van der Waals surface area contributed by atoms with Crippen molar-refractivity contribution in [2.24, 2.45) is 5.92 Å². The Balaban J connectivity index is 2.36. The Morgan fingerprint density at radius 3 is 2.79 bits per heavy atom. The summed E-state index contributed by atoms with van der Waals surface area (Å²) in [5.74, 6) is -0.162. The van der Waals surface area contributed by atoms with Gasteiger partial charge in [-0.25, -0.2) is 0 Å². The minimum absolute atomic E-state index is 0.0290. The van der Waals surface area contributed by atoms with Crippen molar-refractivity contribution in [1.82, 2.24) is 10.2 Å². The molecule has 0 bridgehead atoms. The van der Waals surface area contributed by atoms with E-state index in [4.69, 9.17) is 0 Å². The summed E-state index contributed by atoms with van der Waals surface area (Å²) in [4.78, 5) is 26.1. The third-order valence-electron chi connectivity index (χ3n) is 3.35. The second-order valence-electron chi connectivity index (χ2n) is 5.29. The molecule has 2 amide bonds. The lowest BCUT2D eigenvalue weighted by molar-refractivity contribution is -0.145. The van der Waals surface area contributed by atoms with Crippen LogP contribution in [0.2, 0.25) is 0 Å². The van der Waals surface area contributed by atoms with E-state index in [1.54, 1.807) is 4.90 Å². The predicted octanol–water partition coefficient (Wildman–Crippen LogP) is 1.65. The van der Waals surface area contributed by atoms with Crippen LogP contribution < -0.4 is 5.32 Å². The highest BCUT2D eigenvalue weighted by Gasteiger charge is 2.34. The average Bonchev–Trinajstić information content (AvgIpc) is 2.37. The second kappa shape index (κ2) is 5.43. The maximum atomic E-state index is 12.3. The zero-order valence-electron chi connectivity index (χ0n) is 11.6. The molecule has 102 valence electrons. The Hall–Kier alpha value is -1.84. The van der Waals surface area contributed by atoms with Crippen LogP contribution in [0.5, 0.6) is 0 Å². The molecule has 1 fully saturated rings. The van der Waals surface area contributed by atoms with E-state index in [0.717, 1.165) is 11.1 Å². The van der Waals surface area contributed by atoms with Gasteiger partial charge in [0.05, 0.1) is 0 Å². The summed E-state index contributed by atoms with van der Waals surface area (Å²) in [6.07, 6.45) is 0. The van der Waals surface area contributed by atoms with Crippen LogP contribution in [0.3, 0.4) is 0 Å². The monoisotopic (exact) mass is 260 g/mol. The molecule has 0 aromatic heterocycles. The largest absolute Gasteiger partial charge is 0.352 e. The summed E-state index contributed by atoms with van der Waals surface area (Å²) < 4.78 is 0. The zero-order valence-corrected chi connectivity index (χ0v) is 11.6. The molecule has 1 atom stereocenters. The lowest BCUT2D eigenvalue weighted by atomic mass is 9.99. The molecule has 1 aliphatic heterocycles. The molecule has 0 aliphatic carbocycles. The molecule has 4 nitrogen and oxygen atoms in total. The second-order valence-corrected chi connectivity index (χ2v) is 5.29. The van der Waals surface area contributed by atoms with Crippen LogP contribution in [0.15, 0.2) is 24.3 Å². The standard InChI is InChI=1S/C15H20N2O2/c1-10(2)15(19)17-8-7-16-14(18)13(17)12-6-4-5-11(3)9-12/h4-6,9-10,13H,7-8H2,1-3H3,(H,16,18). The Labute approximate surface area is 113 Å². The fraction of sp³-hybridized carbons (Fsp3) is 0.467. The Kier molecular flexibility index (Phi) is 3.88. The van der Waals surface area contributed by atoms with Crippen LogP contribution in [0.4, 0.5) is 0 Å². The van der Waals surface area contributed by atoms with Gasteiger partial charge in [0, 0.05) is 19.0 Å². The number of aryl methyl sites for hydroxylation is 1. The first-order chi connectivity index (χ1) is 9.00. The van der Waals surface area contributed by atoms with E-state index >= 15 is 0 Å². The van der Waals surface area contributed by atoms with Crippen molar-refractivity contribution in [3.05, 3.63) is 35.4 Å². The first-order valence-corrected chi connectivity index (χ1v) is 6.65. The van der Waals surface area contributed by atoms with Crippen LogP contribution >= 0.6 is 0 Å². The molecule has 0 saturated carbocycles. The van der Waals surface area contributed by atoms with Gasteiger partial charge < -0.3 is 10.2 Å². The van der Waals surface area contributed by atoms with Crippen molar-refractivity contribution in [1.29, 1.82) is 0 Å². The Morgan fingerprint density at radius 1 is 1.42 bits per heavy atom. The van der Waals surface area contributed by atoms with Crippen molar-refractivity contribution in [3.63, 3.8) is 0 Å². The number of carbonyl (C=O) groups is 2. The van der Waals surface area contributed by atoms with Crippen molar-refractivity contribution < 1.29 is 9.59 Å². The van der Waals surface area contributed by atoms with E-state index < -0.39 is 6.04 Å². The number of rotatable bonds is 2. The molecule has 1 unspecified atom stereocenters. The van der Waals surface area contributed by atoms with Gasteiger partial charge in [-0.2, -0.15) is 0 Å². The maximum absolute atomic E-state index is 12.3. The van der Waals surface area contributed by atoms with Gasteiger partial charge in [0.1, 0.15) is 6.04 Å². The molecule has 1 aromatic rings. The van der Waals surface area contributed by atoms with Crippen LogP contribution in [0.25, 0.3) is 0 Å². The van der Waals surface area contributed by atoms with E-state index in [0.29, 0.717) is 13.1 Å². The van der Waals surface area contributed by atoms with Crippen molar-refractivity contribution in [2.75, 3.05) is 13.1 Å². The third kappa shape index (κ3) is 2.78.